The Hall–Kier alpha value is -3.81. The summed E-state index contributed by atoms with van der Waals surface area (Å²) < 4.78 is 32.6. The second-order valence-electron chi connectivity index (χ2n) is 6.18. The second kappa shape index (κ2) is 6.73. The van der Waals surface area contributed by atoms with Crippen molar-refractivity contribution in [1.29, 1.82) is 0 Å². The number of nitro benzene ring substituents is 1. The largest absolute Gasteiger partial charge is 0.488 e. The third-order valence-electron chi connectivity index (χ3n) is 4.37. The number of non-ortho nitro benzene ring substituents is 1. The van der Waals surface area contributed by atoms with Gasteiger partial charge in [-0.25, -0.2) is 8.78 Å². The summed E-state index contributed by atoms with van der Waals surface area (Å²) in [5.74, 6) is -1.58. The van der Waals surface area contributed by atoms with E-state index in [0.717, 1.165) is 12.1 Å². The zero-order chi connectivity index (χ0) is 19.8. The Morgan fingerprint density at radius 2 is 1.82 bits per heavy atom. The lowest BCUT2D eigenvalue weighted by atomic mass is 9.98. The first-order valence-electron chi connectivity index (χ1n) is 8.23. The molecule has 3 aromatic rings. The van der Waals surface area contributed by atoms with Gasteiger partial charge in [0.1, 0.15) is 24.0 Å². The molecule has 0 saturated heterocycles. The first kappa shape index (κ1) is 17.6. The van der Waals surface area contributed by atoms with E-state index >= 15 is 0 Å². The van der Waals surface area contributed by atoms with Gasteiger partial charge >= 0.3 is 0 Å². The van der Waals surface area contributed by atoms with Crippen LogP contribution < -0.4 is 10.1 Å². The summed E-state index contributed by atoms with van der Waals surface area (Å²) in [4.78, 5) is 23.3. The zero-order valence-corrected chi connectivity index (χ0v) is 14.2. The SMILES string of the molecule is O=C1c2cc([N+](=O)[O-])ccc2COc2cc(Nc3ccc(F)cc3F)ccc21. The number of nitro groups is 1. The summed E-state index contributed by atoms with van der Waals surface area (Å²) >= 11 is 0. The topological polar surface area (TPSA) is 81.5 Å². The number of carbonyl (C=O) groups excluding carboxylic acids is 1. The highest BCUT2D eigenvalue weighted by Gasteiger charge is 2.25. The Morgan fingerprint density at radius 1 is 1.00 bits per heavy atom. The summed E-state index contributed by atoms with van der Waals surface area (Å²) in [7, 11) is 0. The van der Waals surface area contributed by atoms with E-state index in [2.05, 4.69) is 5.32 Å². The fraction of sp³-hybridized carbons (Fsp3) is 0.0500. The molecule has 28 heavy (non-hydrogen) atoms. The summed E-state index contributed by atoms with van der Waals surface area (Å²) in [6.07, 6.45) is 0. The highest BCUT2D eigenvalue weighted by atomic mass is 19.1. The first-order valence-corrected chi connectivity index (χ1v) is 8.23. The van der Waals surface area contributed by atoms with E-state index in [1.165, 1.54) is 36.4 Å². The minimum atomic E-state index is -0.758. The predicted octanol–water partition coefficient (Wildman–Crippen LogP) is 4.74. The quantitative estimate of drug-likeness (QED) is 0.523. The highest BCUT2D eigenvalue weighted by molar-refractivity contribution is 6.12. The number of ketones is 1. The molecule has 1 heterocycles. The number of rotatable bonds is 3. The van der Waals surface area contributed by atoms with Gasteiger partial charge in [0.05, 0.1) is 16.2 Å². The molecule has 4 rings (SSSR count). The number of nitrogens with zero attached hydrogens (tertiary/aromatic N) is 1. The molecule has 0 aromatic heterocycles. The van der Waals surface area contributed by atoms with E-state index in [0.29, 0.717) is 11.3 Å². The molecule has 0 saturated carbocycles. The van der Waals surface area contributed by atoms with Gasteiger partial charge in [-0.3, -0.25) is 14.9 Å². The van der Waals surface area contributed by atoms with E-state index in [-0.39, 0.29) is 34.9 Å². The van der Waals surface area contributed by atoms with Gasteiger partial charge in [0, 0.05) is 41.1 Å². The van der Waals surface area contributed by atoms with Gasteiger partial charge in [-0.05, 0) is 30.3 Å². The number of anilines is 2. The lowest BCUT2D eigenvalue weighted by Gasteiger charge is -2.11. The van der Waals surface area contributed by atoms with Crippen molar-refractivity contribution in [2.45, 2.75) is 6.61 Å². The summed E-state index contributed by atoms with van der Waals surface area (Å²) in [6.45, 7) is 0.0560. The smallest absolute Gasteiger partial charge is 0.270 e. The Balaban J connectivity index is 1.69. The molecular formula is C20H12F2N2O4. The molecule has 8 heteroatoms. The van der Waals surface area contributed by atoms with Crippen LogP contribution in [-0.4, -0.2) is 10.7 Å². The van der Waals surface area contributed by atoms with Crippen molar-refractivity contribution in [1.82, 2.24) is 0 Å². The van der Waals surface area contributed by atoms with Crippen molar-refractivity contribution >= 4 is 22.8 Å². The van der Waals surface area contributed by atoms with Gasteiger partial charge < -0.3 is 10.1 Å². The number of fused-ring (bicyclic) bond motifs is 2. The van der Waals surface area contributed by atoms with Crippen LogP contribution in [0.2, 0.25) is 0 Å². The highest BCUT2D eigenvalue weighted by Crippen LogP contribution is 2.33. The number of halogens is 2. The standard InChI is InChI=1S/C20H12F2N2O4/c21-12-2-6-18(17(22)7-12)23-13-3-5-15-19(8-13)28-10-11-1-4-14(24(26)27)9-16(11)20(15)25/h1-9,23H,10H2. The second-order valence-corrected chi connectivity index (χ2v) is 6.18. The monoisotopic (exact) mass is 382 g/mol. The summed E-state index contributed by atoms with van der Waals surface area (Å²) in [5, 5.41) is 13.8. The maximum Gasteiger partial charge on any atom is 0.270 e. The van der Waals surface area contributed by atoms with Gasteiger partial charge in [-0.15, -0.1) is 0 Å². The third-order valence-corrected chi connectivity index (χ3v) is 4.37. The molecule has 0 spiro atoms. The molecule has 0 fully saturated rings. The average molecular weight is 382 g/mol. The molecule has 1 N–H and O–H groups in total. The van der Waals surface area contributed by atoms with Crippen molar-refractivity contribution in [3.05, 3.63) is 93.0 Å². The Kier molecular flexibility index (Phi) is 4.23. The van der Waals surface area contributed by atoms with Gasteiger partial charge in [-0.1, -0.05) is 0 Å². The molecule has 0 bridgehead atoms. The lowest BCUT2D eigenvalue weighted by Crippen LogP contribution is -2.04. The summed E-state index contributed by atoms with van der Waals surface area (Å²) in [6, 6.07) is 11.7. The number of benzene rings is 3. The molecule has 0 radical (unpaired) electrons. The van der Waals surface area contributed by atoms with Gasteiger partial charge in [0.2, 0.25) is 0 Å². The molecule has 1 aliphatic rings. The van der Waals surface area contributed by atoms with Crippen molar-refractivity contribution in [3.63, 3.8) is 0 Å². The summed E-state index contributed by atoms with van der Waals surface area (Å²) in [5.41, 5.74) is 1.31. The van der Waals surface area contributed by atoms with E-state index in [4.69, 9.17) is 4.74 Å². The minimum Gasteiger partial charge on any atom is -0.488 e. The molecule has 0 unspecified atom stereocenters. The fourth-order valence-electron chi connectivity index (χ4n) is 2.97. The van der Waals surface area contributed by atoms with E-state index in [1.54, 1.807) is 6.07 Å². The lowest BCUT2D eigenvalue weighted by molar-refractivity contribution is -0.384. The van der Waals surface area contributed by atoms with Gasteiger partial charge in [0.25, 0.3) is 5.69 Å². The Bertz CT molecular complexity index is 1130. The average Bonchev–Trinajstić information content (AvgIpc) is 2.80. The molecular weight excluding hydrogens is 370 g/mol. The third kappa shape index (κ3) is 3.16. The number of carbonyl (C=O) groups is 1. The van der Waals surface area contributed by atoms with Crippen LogP contribution in [-0.2, 0) is 6.61 Å². The van der Waals surface area contributed by atoms with Gasteiger partial charge in [0.15, 0.2) is 5.78 Å². The molecule has 140 valence electrons. The van der Waals surface area contributed by atoms with Gasteiger partial charge in [-0.2, -0.15) is 0 Å². The molecule has 6 nitrogen and oxygen atoms in total. The molecule has 0 amide bonds. The predicted molar refractivity (Wildman–Crippen MR) is 96.9 cm³/mol. The zero-order valence-electron chi connectivity index (χ0n) is 14.2. The number of hydrogen-bond donors (Lipinski definition) is 1. The van der Waals surface area contributed by atoms with Crippen LogP contribution in [0.4, 0.5) is 25.8 Å². The van der Waals surface area contributed by atoms with Crippen LogP contribution in [0.25, 0.3) is 0 Å². The maximum absolute atomic E-state index is 13.8. The van der Waals surface area contributed by atoms with Crippen LogP contribution in [0.15, 0.2) is 54.6 Å². The van der Waals surface area contributed by atoms with Crippen molar-refractivity contribution < 1.29 is 23.2 Å². The number of hydrogen-bond acceptors (Lipinski definition) is 5. The first-order chi connectivity index (χ1) is 13.4. The van der Waals surface area contributed by atoms with Crippen molar-refractivity contribution in [2.75, 3.05) is 5.32 Å². The molecule has 1 aliphatic heterocycles. The van der Waals surface area contributed by atoms with Crippen LogP contribution >= 0.6 is 0 Å². The molecule has 0 aliphatic carbocycles. The number of ether oxygens (including phenoxy) is 1. The maximum atomic E-state index is 13.8. The Morgan fingerprint density at radius 3 is 2.57 bits per heavy atom. The van der Waals surface area contributed by atoms with E-state index in [1.807, 2.05) is 0 Å². The van der Waals surface area contributed by atoms with Crippen LogP contribution in [0.5, 0.6) is 5.75 Å². The van der Waals surface area contributed by atoms with Crippen molar-refractivity contribution in [3.8, 4) is 5.75 Å². The fourth-order valence-corrected chi connectivity index (χ4v) is 2.97. The normalized spacial score (nSPS) is 12.4. The number of nitrogens with one attached hydrogen (secondary N) is 1. The minimum absolute atomic E-state index is 0.0560. The van der Waals surface area contributed by atoms with E-state index in [9.17, 15) is 23.7 Å². The van der Waals surface area contributed by atoms with E-state index < -0.39 is 22.3 Å². The molecule has 3 aromatic carbocycles. The van der Waals surface area contributed by atoms with Crippen LogP contribution in [0, 0.1) is 21.7 Å². The van der Waals surface area contributed by atoms with Crippen LogP contribution in [0.3, 0.4) is 0 Å². The molecule has 0 atom stereocenters. The van der Waals surface area contributed by atoms with Crippen LogP contribution in [0.1, 0.15) is 21.5 Å². The van der Waals surface area contributed by atoms with Crippen molar-refractivity contribution in [2.24, 2.45) is 0 Å². The Labute approximate surface area is 157 Å².